The van der Waals surface area contributed by atoms with Crippen molar-refractivity contribution in [2.24, 2.45) is 0 Å². The number of aromatic nitrogens is 3. The van der Waals surface area contributed by atoms with Crippen LogP contribution < -0.4 is 0 Å². The normalized spacial score (nSPS) is 18.4. The number of carbonyl (C=O) groups excluding carboxylic acids is 1. The third kappa shape index (κ3) is 3.70. The molecule has 0 amide bonds. The first-order valence-corrected chi connectivity index (χ1v) is 7.56. The van der Waals surface area contributed by atoms with E-state index in [1.807, 2.05) is 0 Å². The lowest BCUT2D eigenvalue weighted by Gasteiger charge is -2.09. The number of halogens is 1. The second-order valence-electron chi connectivity index (χ2n) is 4.74. The summed E-state index contributed by atoms with van der Waals surface area (Å²) in [5.74, 6) is -0.269. The van der Waals surface area contributed by atoms with Gasteiger partial charge in [0.25, 0.3) is 0 Å². The molecule has 1 aromatic rings. The summed E-state index contributed by atoms with van der Waals surface area (Å²) in [7, 11) is 0. The predicted octanol–water partition coefficient (Wildman–Crippen LogP) is 2.15. The zero-order valence-electron chi connectivity index (χ0n) is 11.7. The van der Waals surface area contributed by atoms with Gasteiger partial charge in [0.15, 0.2) is 5.69 Å². The summed E-state index contributed by atoms with van der Waals surface area (Å²) in [5, 5.41) is 7.87. The molecule has 0 aliphatic carbocycles. The van der Waals surface area contributed by atoms with Crippen LogP contribution in [0.1, 0.15) is 48.8 Å². The number of aryl methyl sites for hydroxylation is 1. The Hall–Kier alpha value is -1.14. The number of alkyl halides is 1. The van der Waals surface area contributed by atoms with Crippen LogP contribution in [-0.2, 0) is 21.9 Å². The Labute approximate surface area is 123 Å². The maximum Gasteiger partial charge on any atom is 0.360 e. The number of nitrogens with zero attached hydrogens (tertiary/aromatic N) is 3. The molecule has 7 heteroatoms. The van der Waals surface area contributed by atoms with Crippen LogP contribution in [0.2, 0.25) is 0 Å². The summed E-state index contributed by atoms with van der Waals surface area (Å²) in [6, 6.07) is 0. The highest BCUT2D eigenvalue weighted by molar-refractivity contribution is 6.17. The van der Waals surface area contributed by atoms with Gasteiger partial charge in [-0.1, -0.05) is 5.21 Å². The standard InChI is InChI=1S/C13H20ClN3O3/c1-2-19-13(18)12-11(9-14)17(16-15-12)7-3-5-10-6-4-8-20-10/h10H,2-9H2,1H3. The molecule has 0 aromatic carbocycles. The smallest absolute Gasteiger partial charge is 0.360 e. The first kappa shape index (κ1) is 15.3. The van der Waals surface area contributed by atoms with Crippen LogP contribution in [0.4, 0.5) is 0 Å². The molecule has 0 N–H and O–H groups in total. The zero-order chi connectivity index (χ0) is 14.4. The SMILES string of the molecule is CCOC(=O)c1nnn(CCCC2CCCO2)c1CCl. The molecule has 2 heterocycles. The Kier molecular flexibility index (Phi) is 5.79. The van der Waals surface area contributed by atoms with Crippen molar-refractivity contribution in [3.05, 3.63) is 11.4 Å². The molecule has 112 valence electrons. The van der Waals surface area contributed by atoms with E-state index in [0.717, 1.165) is 32.3 Å². The molecule has 2 rings (SSSR count). The maximum absolute atomic E-state index is 11.7. The van der Waals surface area contributed by atoms with Gasteiger partial charge in [-0.25, -0.2) is 9.48 Å². The fourth-order valence-electron chi connectivity index (χ4n) is 2.34. The van der Waals surface area contributed by atoms with E-state index in [9.17, 15) is 4.79 Å². The monoisotopic (exact) mass is 301 g/mol. The molecular formula is C13H20ClN3O3. The van der Waals surface area contributed by atoms with Gasteiger partial charge in [-0.05, 0) is 32.6 Å². The van der Waals surface area contributed by atoms with E-state index >= 15 is 0 Å². The van der Waals surface area contributed by atoms with Crippen molar-refractivity contribution in [2.45, 2.75) is 51.1 Å². The minimum absolute atomic E-state index is 0.196. The molecule has 0 radical (unpaired) electrons. The molecule has 1 aromatic heterocycles. The third-order valence-electron chi connectivity index (χ3n) is 3.35. The van der Waals surface area contributed by atoms with E-state index in [-0.39, 0.29) is 11.6 Å². The molecule has 1 unspecified atom stereocenters. The maximum atomic E-state index is 11.7. The highest BCUT2D eigenvalue weighted by Crippen LogP contribution is 2.18. The molecule has 0 spiro atoms. The van der Waals surface area contributed by atoms with Crippen molar-refractivity contribution >= 4 is 17.6 Å². The van der Waals surface area contributed by atoms with E-state index in [1.165, 1.54) is 0 Å². The average molecular weight is 302 g/mol. The molecule has 1 atom stereocenters. The average Bonchev–Trinajstić information content (AvgIpc) is 3.08. The van der Waals surface area contributed by atoms with Crippen LogP contribution in [0.5, 0.6) is 0 Å². The minimum Gasteiger partial charge on any atom is -0.461 e. The number of carbonyl (C=O) groups is 1. The van der Waals surface area contributed by atoms with Gasteiger partial charge in [0.05, 0.1) is 24.3 Å². The van der Waals surface area contributed by atoms with Crippen molar-refractivity contribution in [3.8, 4) is 0 Å². The number of hydrogen-bond acceptors (Lipinski definition) is 5. The van der Waals surface area contributed by atoms with E-state index < -0.39 is 5.97 Å². The van der Waals surface area contributed by atoms with Gasteiger partial charge in [-0.2, -0.15) is 0 Å². The molecule has 20 heavy (non-hydrogen) atoms. The fraction of sp³-hybridized carbons (Fsp3) is 0.769. The molecule has 1 fully saturated rings. The van der Waals surface area contributed by atoms with E-state index in [2.05, 4.69) is 10.3 Å². The summed E-state index contributed by atoms with van der Waals surface area (Å²) in [6.45, 7) is 3.62. The van der Waals surface area contributed by atoms with Crippen LogP contribution in [0.3, 0.4) is 0 Å². The third-order valence-corrected chi connectivity index (χ3v) is 3.61. The summed E-state index contributed by atoms with van der Waals surface area (Å²) in [4.78, 5) is 11.7. The van der Waals surface area contributed by atoms with E-state index in [4.69, 9.17) is 21.1 Å². The summed E-state index contributed by atoms with van der Waals surface area (Å²) < 4.78 is 12.2. The molecule has 1 saturated heterocycles. The Balaban J connectivity index is 1.91. The van der Waals surface area contributed by atoms with Gasteiger partial charge in [0.2, 0.25) is 0 Å². The van der Waals surface area contributed by atoms with Crippen molar-refractivity contribution in [1.29, 1.82) is 0 Å². The van der Waals surface area contributed by atoms with Gasteiger partial charge in [0.1, 0.15) is 0 Å². The van der Waals surface area contributed by atoms with Gasteiger partial charge in [-0.15, -0.1) is 16.7 Å². The van der Waals surface area contributed by atoms with E-state index in [0.29, 0.717) is 24.9 Å². The van der Waals surface area contributed by atoms with Crippen molar-refractivity contribution < 1.29 is 14.3 Å². The number of hydrogen-bond donors (Lipinski definition) is 0. The first-order chi connectivity index (χ1) is 9.76. The van der Waals surface area contributed by atoms with Gasteiger partial charge < -0.3 is 9.47 Å². The topological polar surface area (TPSA) is 66.2 Å². The van der Waals surface area contributed by atoms with Crippen LogP contribution in [-0.4, -0.2) is 40.3 Å². The summed E-state index contributed by atoms with van der Waals surface area (Å²) in [6.07, 6.45) is 4.57. The fourth-order valence-corrected chi connectivity index (χ4v) is 2.61. The Morgan fingerprint density at radius 1 is 1.60 bits per heavy atom. The lowest BCUT2D eigenvalue weighted by atomic mass is 10.1. The van der Waals surface area contributed by atoms with Crippen LogP contribution in [0.25, 0.3) is 0 Å². The Morgan fingerprint density at radius 2 is 2.45 bits per heavy atom. The number of ether oxygens (including phenoxy) is 2. The first-order valence-electron chi connectivity index (χ1n) is 7.03. The number of esters is 1. The number of rotatable bonds is 7. The second-order valence-corrected chi connectivity index (χ2v) is 5.01. The molecule has 0 saturated carbocycles. The Bertz CT molecular complexity index is 444. The van der Waals surface area contributed by atoms with Crippen LogP contribution in [0.15, 0.2) is 0 Å². The predicted molar refractivity (Wildman–Crippen MR) is 73.7 cm³/mol. The highest BCUT2D eigenvalue weighted by Gasteiger charge is 2.20. The second kappa shape index (κ2) is 7.59. The lowest BCUT2D eigenvalue weighted by Crippen LogP contribution is -2.11. The zero-order valence-corrected chi connectivity index (χ0v) is 12.4. The molecule has 0 bridgehead atoms. The van der Waals surface area contributed by atoms with Crippen molar-refractivity contribution in [2.75, 3.05) is 13.2 Å². The van der Waals surface area contributed by atoms with Crippen molar-refractivity contribution in [3.63, 3.8) is 0 Å². The molecule has 1 aliphatic heterocycles. The van der Waals surface area contributed by atoms with Crippen LogP contribution in [0, 0.1) is 0 Å². The Morgan fingerprint density at radius 3 is 3.10 bits per heavy atom. The quantitative estimate of drug-likeness (QED) is 0.570. The minimum atomic E-state index is -0.464. The molecular weight excluding hydrogens is 282 g/mol. The van der Waals surface area contributed by atoms with Crippen molar-refractivity contribution in [1.82, 2.24) is 15.0 Å². The van der Waals surface area contributed by atoms with Gasteiger partial charge >= 0.3 is 5.97 Å². The van der Waals surface area contributed by atoms with Gasteiger partial charge in [0, 0.05) is 13.2 Å². The molecule has 6 nitrogen and oxygen atoms in total. The van der Waals surface area contributed by atoms with Crippen LogP contribution >= 0.6 is 11.6 Å². The largest absolute Gasteiger partial charge is 0.461 e. The van der Waals surface area contributed by atoms with Gasteiger partial charge in [-0.3, -0.25) is 0 Å². The lowest BCUT2D eigenvalue weighted by molar-refractivity contribution is 0.0518. The molecule has 1 aliphatic rings. The van der Waals surface area contributed by atoms with E-state index in [1.54, 1.807) is 11.6 Å². The highest BCUT2D eigenvalue weighted by atomic mass is 35.5. The summed E-state index contributed by atoms with van der Waals surface area (Å²) >= 11 is 5.90. The summed E-state index contributed by atoms with van der Waals surface area (Å²) in [5.41, 5.74) is 0.844.